The number of benzene rings is 3. The molecule has 3 aromatic carbocycles. The molecule has 3 aliphatic carbocycles. The van der Waals surface area contributed by atoms with Gasteiger partial charge in [0.2, 0.25) is 11.8 Å². The zero-order valence-electron chi connectivity index (χ0n) is 22.8. The molecule has 2 bridgehead atoms. The lowest BCUT2D eigenvalue weighted by Crippen LogP contribution is -2.45. The summed E-state index contributed by atoms with van der Waals surface area (Å²) in [5.74, 6) is -3.59. The Morgan fingerprint density at radius 2 is 1.23 bits per heavy atom. The van der Waals surface area contributed by atoms with E-state index in [9.17, 15) is 19.2 Å². The molecule has 3 amide bonds. The minimum absolute atomic E-state index is 0.246. The Morgan fingerprint density at radius 1 is 0.775 bits per heavy atom. The summed E-state index contributed by atoms with van der Waals surface area (Å²) in [6.45, 7) is 5.01. The Bertz CT molecular complexity index is 1410. The molecule has 204 valence electrons. The number of aryl methyl sites for hydroxylation is 2. The molecule has 1 aliphatic heterocycles. The van der Waals surface area contributed by atoms with Crippen LogP contribution in [0.3, 0.4) is 0 Å². The molecule has 7 nitrogen and oxygen atoms in total. The molecule has 0 radical (unpaired) electrons. The van der Waals surface area contributed by atoms with Gasteiger partial charge >= 0.3 is 5.97 Å². The van der Waals surface area contributed by atoms with Gasteiger partial charge in [-0.3, -0.25) is 19.3 Å². The third kappa shape index (κ3) is 3.86. The standard InChI is InChI=1S/C33H32N2O5/c1-4-19-11-10-12-20(5-2)30(19)34-25(36)17-40-33(39)18(3)35-31(37)28-26-21-13-6-7-14-22(21)27(29(28)32(35)38)24-16-9-8-15-23(24)26/h6-16,18,26-29H,4-5,17H2,1-3H3,(H,34,36)/t18-,26?,27?,28-,29-/m0/s1. The zero-order chi connectivity index (χ0) is 28.1. The normalized spacial score (nSPS) is 22.8. The first kappa shape index (κ1) is 26.0. The number of rotatable bonds is 7. The lowest BCUT2D eigenvalue weighted by Gasteiger charge is -2.45. The highest BCUT2D eigenvalue weighted by Crippen LogP contribution is 2.61. The minimum Gasteiger partial charge on any atom is -0.454 e. The van der Waals surface area contributed by atoms with Crippen LogP contribution < -0.4 is 5.32 Å². The minimum atomic E-state index is -1.14. The quantitative estimate of drug-likeness (QED) is 0.353. The second-order valence-corrected chi connectivity index (χ2v) is 10.8. The molecule has 0 saturated carbocycles. The maximum atomic E-state index is 13.8. The highest BCUT2D eigenvalue weighted by molar-refractivity contribution is 6.10. The predicted octanol–water partition coefficient (Wildman–Crippen LogP) is 4.57. The van der Waals surface area contributed by atoms with E-state index in [2.05, 4.69) is 5.32 Å². The van der Waals surface area contributed by atoms with E-state index in [1.54, 1.807) is 0 Å². The van der Waals surface area contributed by atoms with Crippen LogP contribution in [0.15, 0.2) is 66.7 Å². The molecule has 1 fully saturated rings. The summed E-state index contributed by atoms with van der Waals surface area (Å²) in [5.41, 5.74) is 7.02. The third-order valence-corrected chi connectivity index (χ3v) is 8.82. The molecular formula is C33H32N2O5. The van der Waals surface area contributed by atoms with Crippen LogP contribution in [-0.4, -0.2) is 41.2 Å². The monoisotopic (exact) mass is 536 g/mol. The molecule has 7 rings (SSSR count). The molecule has 40 heavy (non-hydrogen) atoms. The molecule has 3 aromatic rings. The second kappa shape index (κ2) is 10.0. The Kier molecular flexibility index (Phi) is 6.53. The summed E-state index contributed by atoms with van der Waals surface area (Å²) in [5, 5.41) is 2.88. The second-order valence-electron chi connectivity index (χ2n) is 10.8. The van der Waals surface area contributed by atoms with Gasteiger partial charge in [0.1, 0.15) is 6.04 Å². The van der Waals surface area contributed by atoms with Crippen LogP contribution in [0.1, 0.15) is 66.0 Å². The maximum Gasteiger partial charge on any atom is 0.329 e. The van der Waals surface area contributed by atoms with Crippen LogP contribution in [0.4, 0.5) is 5.69 Å². The third-order valence-electron chi connectivity index (χ3n) is 8.82. The van der Waals surface area contributed by atoms with E-state index < -0.39 is 36.4 Å². The lowest BCUT2D eigenvalue weighted by molar-refractivity contribution is -0.159. The summed E-state index contributed by atoms with van der Waals surface area (Å²) in [6, 6.07) is 20.7. The number of nitrogens with one attached hydrogen (secondary N) is 1. The average Bonchev–Trinajstić information content (AvgIpc) is 3.25. The van der Waals surface area contributed by atoms with E-state index in [0.717, 1.165) is 56.8 Å². The Morgan fingerprint density at radius 3 is 1.65 bits per heavy atom. The van der Waals surface area contributed by atoms with Crippen molar-refractivity contribution in [1.82, 2.24) is 4.90 Å². The molecular weight excluding hydrogens is 504 g/mol. The van der Waals surface area contributed by atoms with Gasteiger partial charge in [-0.25, -0.2) is 4.79 Å². The number of hydrogen-bond donors (Lipinski definition) is 1. The van der Waals surface area contributed by atoms with Crippen molar-refractivity contribution >= 4 is 29.4 Å². The number of carbonyl (C=O) groups is 4. The summed E-state index contributed by atoms with van der Waals surface area (Å²) in [6.07, 6.45) is 1.50. The van der Waals surface area contributed by atoms with Gasteiger partial charge in [0.25, 0.3) is 5.91 Å². The van der Waals surface area contributed by atoms with Crippen LogP contribution in [0.2, 0.25) is 0 Å². The highest BCUT2D eigenvalue weighted by Gasteiger charge is 2.62. The molecule has 0 spiro atoms. The lowest BCUT2D eigenvalue weighted by atomic mass is 9.55. The summed E-state index contributed by atoms with van der Waals surface area (Å²) in [4.78, 5) is 54.6. The van der Waals surface area contributed by atoms with Gasteiger partial charge in [-0.05, 0) is 53.1 Å². The van der Waals surface area contributed by atoms with Crippen molar-refractivity contribution in [2.24, 2.45) is 11.8 Å². The smallest absolute Gasteiger partial charge is 0.329 e. The van der Waals surface area contributed by atoms with E-state index >= 15 is 0 Å². The molecule has 4 aliphatic rings. The number of nitrogens with zero attached hydrogens (tertiary/aromatic N) is 1. The SMILES string of the molecule is CCc1cccc(CC)c1NC(=O)COC(=O)[C@H](C)N1C(=O)[C@H]2C3c4ccccc4C(c4ccccc43)[C@@H]2C1=O. The number of likely N-dealkylation sites (tertiary alicyclic amines) is 1. The largest absolute Gasteiger partial charge is 0.454 e. The zero-order valence-corrected chi connectivity index (χ0v) is 22.8. The molecule has 1 saturated heterocycles. The van der Waals surface area contributed by atoms with Crippen LogP contribution in [-0.2, 0) is 36.8 Å². The van der Waals surface area contributed by atoms with Crippen molar-refractivity contribution < 1.29 is 23.9 Å². The fourth-order valence-electron chi connectivity index (χ4n) is 7.02. The van der Waals surface area contributed by atoms with Gasteiger partial charge < -0.3 is 10.1 Å². The van der Waals surface area contributed by atoms with E-state index in [1.165, 1.54) is 6.92 Å². The molecule has 3 atom stereocenters. The van der Waals surface area contributed by atoms with Crippen molar-refractivity contribution in [3.63, 3.8) is 0 Å². The number of para-hydroxylation sites is 1. The van der Waals surface area contributed by atoms with Crippen molar-refractivity contribution in [2.75, 3.05) is 11.9 Å². The van der Waals surface area contributed by atoms with Crippen LogP contribution in [0, 0.1) is 11.8 Å². The summed E-state index contributed by atoms with van der Waals surface area (Å²) in [7, 11) is 0. The first-order valence-corrected chi connectivity index (χ1v) is 14.0. The fraction of sp³-hybridized carbons (Fsp3) is 0.333. The number of amides is 3. The molecule has 1 N–H and O–H groups in total. The van der Waals surface area contributed by atoms with E-state index in [1.807, 2.05) is 80.6 Å². The van der Waals surface area contributed by atoms with Crippen molar-refractivity contribution in [3.8, 4) is 0 Å². The number of anilines is 1. The topological polar surface area (TPSA) is 92.8 Å². The van der Waals surface area contributed by atoms with Crippen molar-refractivity contribution in [1.29, 1.82) is 0 Å². The van der Waals surface area contributed by atoms with Crippen LogP contribution in [0.5, 0.6) is 0 Å². The number of esters is 1. The summed E-state index contributed by atoms with van der Waals surface area (Å²) < 4.78 is 5.34. The predicted molar refractivity (Wildman–Crippen MR) is 150 cm³/mol. The van der Waals surface area contributed by atoms with Crippen molar-refractivity contribution in [3.05, 3.63) is 100 Å². The molecule has 0 aromatic heterocycles. The number of hydrogen-bond acceptors (Lipinski definition) is 5. The van der Waals surface area contributed by atoms with Gasteiger partial charge in [0.15, 0.2) is 6.61 Å². The Balaban J connectivity index is 1.20. The van der Waals surface area contributed by atoms with Gasteiger partial charge in [0.05, 0.1) is 11.8 Å². The molecule has 7 heteroatoms. The maximum absolute atomic E-state index is 13.8. The van der Waals surface area contributed by atoms with Crippen LogP contribution >= 0.6 is 0 Å². The Labute approximate surface area is 233 Å². The summed E-state index contributed by atoms with van der Waals surface area (Å²) >= 11 is 0. The fourth-order valence-corrected chi connectivity index (χ4v) is 7.02. The van der Waals surface area contributed by atoms with Gasteiger partial charge in [0, 0.05) is 17.5 Å². The van der Waals surface area contributed by atoms with Gasteiger partial charge in [-0.15, -0.1) is 0 Å². The number of imide groups is 1. The van der Waals surface area contributed by atoms with Crippen LogP contribution in [0.25, 0.3) is 0 Å². The van der Waals surface area contributed by atoms with Gasteiger partial charge in [-0.1, -0.05) is 80.6 Å². The van der Waals surface area contributed by atoms with E-state index in [0.29, 0.717) is 0 Å². The number of ether oxygens (including phenoxy) is 1. The Hall–Kier alpha value is -4.26. The van der Waals surface area contributed by atoms with Gasteiger partial charge in [-0.2, -0.15) is 0 Å². The first-order valence-electron chi connectivity index (χ1n) is 14.0. The number of carbonyl (C=O) groups excluding carboxylic acids is 4. The van der Waals surface area contributed by atoms with Crippen molar-refractivity contribution in [2.45, 2.75) is 51.5 Å². The van der Waals surface area contributed by atoms with E-state index in [4.69, 9.17) is 4.74 Å². The molecule has 0 unspecified atom stereocenters. The first-order chi connectivity index (χ1) is 19.4. The highest BCUT2D eigenvalue weighted by atomic mass is 16.5. The average molecular weight is 537 g/mol. The molecule has 1 heterocycles. The van der Waals surface area contributed by atoms with E-state index in [-0.39, 0.29) is 23.7 Å².